The van der Waals surface area contributed by atoms with Crippen molar-refractivity contribution in [3.05, 3.63) is 65.2 Å². The Kier molecular flexibility index (Phi) is 6.64. The van der Waals surface area contributed by atoms with Crippen LogP contribution < -0.4 is 5.73 Å². The van der Waals surface area contributed by atoms with Gasteiger partial charge in [-0.05, 0) is 61.7 Å². The fourth-order valence-electron chi connectivity index (χ4n) is 3.67. The van der Waals surface area contributed by atoms with Gasteiger partial charge >= 0.3 is 6.18 Å². The van der Waals surface area contributed by atoms with Gasteiger partial charge in [-0.15, -0.1) is 0 Å². The van der Waals surface area contributed by atoms with Crippen molar-refractivity contribution in [3.8, 4) is 11.8 Å². The van der Waals surface area contributed by atoms with Gasteiger partial charge in [0.2, 0.25) is 0 Å². The second-order valence-corrected chi connectivity index (χ2v) is 7.26. The molecule has 0 spiro atoms. The monoisotopic (exact) mass is 386 g/mol. The van der Waals surface area contributed by atoms with Crippen LogP contribution in [0.15, 0.2) is 48.5 Å². The molecule has 1 aliphatic heterocycles. The predicted octanol–water partition coefficient (Wildman–Crippen LogP) is 5.13. The SMILES string of the molecule is Nc1cccc(C#CCCN2CCCCC2Cc2ccc(C(F)(F)F)cc2)c1. The van der Waals surface area contributed by atoms with Crippen LogP contribution >= 0.6 is 0 Å². The van der Waals surface area contributed by atoms with Gasteiger partial charge in [-0.2, -0.15) is 13.2 Å². The van der Waals surface area contributed by atoms with Crippen molar-refractivity contribution in [1.82, 2.24) is 4.90 Å². The number of anilines is 1. The summed E-state index contributed by atoms with van der Waals surface area (Å²) in [7, 11) is 0. The molecule has 1 atom stereocenters. The number of piperidine rings is 1. The highest BCUT2D eigenvalue weighted by molar-refractivity contribution is 5.46. The van der Waals surface area contributed by atoms with Gasteiger partial charge in [-0.25, -0.2) is 0 Å². The molecule has 2 nitrogen and oxygen atoms in total. The summed E-state index contributed by atoms with van der Waals surface area (Å²) in [6, 6.07) is 13.5. The number of benzene rings is 2. The Morgan fingerprint density at radius 2 is 1.86 bits per heavy atom. The molecule has 28 heavy (non-hydrogen) atoms. The number of hydrogen-bond acceptors (Lipinski definition) is 2. The molecule has 0 saturated carbocycles. The summed E-state index contributed by atoms with van der Waals surface area (Å²) in [4.78, 5) is 2.43. The van der Waals surface area contributed by atoms with Crippen LogP contribution in [0.2, 0.25) is 0 Å². The van der Waals surface area contributed by atoms with Crippen LogP contribution in [0.5, 0.6) is 0 Å². The minimum absolute atomic E-state index is 0.361. The zero-order valence-corrected chi connectivity index (χ0v) is 15.8. The van der Waals surface area contributed by atoms with Gasteiger partial charge in [0.1, 0.15) is 0 Å². The molecule has 1 heterocycles. The van der Waals surface area contributed by atoms with Gasteiger partial charge in [-0.1, -0.05) is 36.5 Å². The van der Waals surface area contributed by atoms with Crippen molar-refractivity contribution in [2.75, 3.05) is 18.8 Å². The zero-order valence-electron chi connectivity index (χ0n) is 15.8. The normalized spacial score (nSPS) is 17.8. The molecule has 1 aliphatic rings. The smallest absolute Gasteiger partial charge is 0.399 e. The average Bonchev–Trinajstić information content (AvgIpc) is 2.66. The van der Waals surface area contributed by atoms with Gasteiger partial charge in [0, 0.05) is 30.3 Å². The predicted molar refractivity (Wildman–Crippen MR) is 107 cm³/mol. The minimum Gasteiger partial charge on any atom is -0.399 e. The first-order valence-corrected chi connectivity index (χ1v) is 9.66. The first kappa shape index (κ1) is 20.3. The molecule has 2 aromatic rings. The van der Waals surface area contributed by atoms with Crippen molar-refractivity contribution >= 4 is 5.69 Å². The van der Waals surface area contributed by atoms with Gasteiger partial charge in [0.05, 0.1) is 5.56 Å². The van der Waals surface area contributed by atoms with Crippen molar-refractivity contribution < 1.29 is 13.2 Å². The van der Waals surface area contributed by atoms with Crippen LogP contribution in [0.4, 0.5) is 18.9 Å². The molecule has 1 unspecified atom stereocenters. The second kappa shape index (κ2) is 9.16. The Hall–Kier alpha value is -2.45. The molecule has 2 aromatic carbocycles. The molecule has 148 valence electrons. The number of alkyl halides is 3. The van der Waals surface area contributed by atoms with E-state index in [4.69, 9.17) is 5.73 Å². The van der Waals surface area contributed by atoms with E-state index in [1.807, 2.05) is 24.3 Å². The highest BCUT2D eigenvalue weighted by Crippen LogP contribution is 2.29. The molecule has 2 N–H and O–H groups in total. The Morgan fingerprint density at radius 3 is 2.57 bits per heavy atom. The van der Waals surface area contributed by atoms with Crippen LogP contribution in [0.1, 0.15) is 42.4 Å². The van der Waals surface area contributed by atoms with E-state index >= 15 is 0 Å². The summed E-state index contributed by atoms with van der Waals surface area (Å²) >= 11 is 0. The molecular formula is C23H25F3N2. The van der Waals surface area contributed by atoms with Crippen LogP contribution in [0, 0.1) is 11.8 Å². The number of hydrogen-bond donors (Lipinski definition) is 1. The van der Waals surface area contributed by atoms with Crippen molar-refractivity contribution in [1.29, 1.82) is 0 Å². The standard InChI is InChI=1S/C23H25F3N2/c24-23(25,26)20-12-10-19(11-13-20)17-22-9-2-4-15-28(22)14-3-1-6-18-7-5-8-21(27)16-18/h5,7-8,10-13,16,22H,2-4,9,14-15,17,27H2. The summed E-state index contributed by atoms with van der Waals surface area (Å²) in [5.41, 5.74) is 7.76. The van der Waals surface area contributed by atoms with E-state index in [0.29, 0.717) is 11.7 Å². The lowest BCUT2D eigenvalue weighted by Crippen LogP contribution is -2.41. The minimum atomic E-state index is -4.28. The number of rotatable bonds is 4. The van der Waals surface area contributed by atoms with E-state index in [1.165, 1.54) is 12.1 Å². The van der Waals surface area contributed by atoms with Gasteiger partial charge in [0.25, 0.3) is 0 Å². The number of nitrogens with two attached hydrogens (primary N) is 1. The van der Waals surface area contributed by atoms with E-state index in [-0.39, 0.29) is 0 Å². The Bertz CT molecular complexity index is 831. The van der Waals surface area contributed by atoms with E-state index in [2.05, 4.69) is 16.7 Å². The maximum absolute atomic E-state index is 12.7. The first-order chi connectivity index (χ1) is 13.4. The number of halogens is 3. The fourth-order valence-corrected chi connectivity index (χ4v) is 3.67. The number of nitrogen functional groups attached to an aromatic ring is 1. The lowest BCUT2D eigenvalue weighted by molar-refractivity contribution is -0.137. The van der Waals surface area contributed by atoms with E-state index in [1.54, 1.807) is 12.1 Å². The van der Waals surface area contributed by atoms with Crippen LogP contribution in [0.3, 0.4) is 0 Å². The molecule has 0 amide bonds. The highest BCUT2D eigenvalue weighted by Gasteiger charge is 2.30. The molecule has 5 heteroatoms. The molecule has 0 aliphatic carbocycles. The second-order valence-electron chi connectivity index (χ2n) is 7.26. The van der Waals surface area contributed by atoms with E-state index in [9.17, 15) is 13.2 Å². The molecule has 0 aromatic heterocycles. The van der Waals surface area contributed by atoms with Gasteiger partial charge in [0.15, 0.2) is 0 Å². The molecule has 1 saturated heterocycles. The van der Waals surface area contributed by atoms with Crippen LogP contribution in [-0.4, -0.2) is 24.0 Å². The Labute approximate surface area is 164 Å². The third-order valence-electron chi connectivity index (χ3n) is 5.15. The topological polar surface area (TPSA) is 29.3 Å². The summed E-state index contributed by atoms with van der Waals surface area (Å²) in [5, 5.41) is 0. The van der Waals surface area contributed by atoms with Gasteiger partial charge in [-0.3, -0.25) is 4.90 Å². The zero-order chi connectivity index (χ0) is 20.0. The average molecular weight is 386 g/mol. The Morgan fingerprint density at radius 1 is 1.07 bits per heavy atom. The summed E-state index contributed by atoms with van der Waals surface area (Å²) in [6.45, 7) is 1.89. The first-order valence-electron chi connectivity index (χ1n) is 9.66. The van der Waals surface area contributed by atoms with E-state index in [0.717, 1.165) is 56.3 Å². The summed E-state index contributed by atoms with van der Waals surface area (Å²) < 4.78 is 38.2. The maximum atomic E-state index is 12.7. The summed E-state index contributed by atoms with van der Waals surface area (Å²) in [5.74, 6) is 6.36. The quantitative estimate of drug-likeness (QED) is 0.583. The molecule has 3 rings (SSSR count). The van der Waals surface area contributed by atoms with Crippen LogP contribution in [0.25, 0.3) is 0 Å². The molecule has 0 bridgehead atoms. The van der Waals surface area contributed by atoms with Crippen molar-refractivity contribution in [2.24, 2.45) is 0 Å². The number of nitrogens with zero attached hydrogens (tertiary/aromatic N) is 1. The molecule has 1 fully saturated rings. The van der Waals surface area contributed by atoms with Crippen molar-refractivity contribution in [3.63, 3.8) is 0 Å². The highest BCUT2D eigenvalue weighted by atomic mass is 19.4. The third-order valence-corrected chi connectivity index (χ3v) is 5.15. The van der Waals surface area contributed by atoms with Crippen LogP contribution in [-0.2, 0) is 12.6 Å². The lowest BCUT2D eigenvalue weighted by atomic mass is 9.95. The molecule has 0 radical (unpaired) electrons. The largest absolute Gasteiger partial charge is 0.416 e. The lowest BCUT2D eigenvalue weighted by Gasteiger charge is -2.35. The third kappa shape index (κ3) is 5.77. The Balaban J connectivity index is 1.57. The molecular weight excluding hydrogens is 361 g/mol. The van der Waals surface area contributed by atoms with Gasteiger partial charge < -0.3 is 5.73 Å². The van der Waals surface area contributed by atoms with Crippen molar-refractivity contribution in [2.45, 2.75) is 44.3 Å². The summed E-state index contributed by atoms with van der Waals surface area (Å²) in [6.07, 6.45) is 0.656. The maximum Gasteiger partial charge on any atom is 0.416 e. The fraction of sp³-hybridized carbons (Fsp3) is 0.391. The number of likely N-dealkylation sites (tertiary alicyclic amines) is 1. The van der Waals surface area contributed by atoms with E-state index < -0.39 is 11.7 Å².